The number of fused-ring (bicyclic) bond motifs is 1. The molecule has 0 aromatic heterocycles. The summed E-state index contributed by atoms with van der Waals surface area (Å²) in [5.74, 6) is -0.221. The number of halogens is 2. The number of rotatable bonds is 0. The summed E-state index contributed by atoms with van der Waals surface area (Å²) in [6.07, 6.45) is 4.91. The molecule has 1 saturated carbocycles. The van der Waals surface area contributed by atoms with Crippen LogP contribution in [0.5, 0.6) is 0 Å². The number of carbonyl (C=O) groups excluding carboxylic acids is 1. The molecule has 1 aliphatic carbocycles. The van der Waals surface area contributed by atoms with E-state index >= 15 is 0 Å². The zero-order valence-corrected chi connectivity index (χ0v) is 12.0. The van der Waals surface area contributed by atoms with E-state index < -0.39 is 5.54 Å². The van der Waals surface area contributed by atoms with Crippen molar-refractivity contribution in [1.29, 1.82) is 0 Å². The molecule has 1 spiro atoms. The number of amides is 1. The van der Waals surface area contributed by atoms with E-state index in [4.69, 9.17) is 0 Å². The molecule has 1 amide bonds. The first kappa shape index (κ1) is 12.2. The largest absolute Gasteiger partial charge is 0.369 e. The summed E-state index contributed by atoms with van der Waals surface area (Å²) >= 11 is 1.93. The van der Waals surface area contributed by atoms with Gasteiger partial charge in [0.1, 0.15) is 11.4 Å². The van der Waals surface area contributed by atoms with Gasteiger partial charge in [-0.05, 0) is 41.5 Å². The molecule has 5 heteroatoms. The molecule has 96 valence electrons. The number of hydrogen-bond donors (Lipinski definition) is 2. The van der Waals surface area contributed by atoms with Crippen LogP contribution in [0.4, 0.5) is 15.8 Å². The van der Waals surface area contributed by atoms with Crippen LogP contribution >= 0.6 is 22.6 Å². The minimum absolute atomic E-state index is 0.0251. The quantitative estimate of drug-likeness (QED) is 0.696. The zero-order valence-electron chi connectivity index (χ0n) is 9.85. The van der Waals surface area contributed by atoms with Crippen molar-refractivity contribution < 1.29 is 9.18 Å². The third kappa shape index (κ3) is 1.88. The van der Waals surface area contributed by atoms with E-state index in [0.717, 1.165) is 25.7 Å². The standard InChI is InChI=1S/C13H14FIN2O/c14-8-6-11-10(7-9(8)15)16-12(18)13(17-11)4-2-1-3-5-13/h6-7,17H,1-5H2,(H,16,18). The van der Waals surface area contributed by atoms with Crippen LogP contribution in [0.1, 0.15) is 32.1 Å². The van der Waals surface area contributed by atoms with Gasteiger partial charge in [0.2, 0.25) is 5.91 Å². The van der Waals surface area contributed by atoms with Gasteiger partial charge in [0.05, 0.1) is 14.9 Å². The number of carbonyl (C=O) groups is 1. The van der Waals surface area contributed by atoms with Crippen molar-refractivity contribution in [2.75, 3.05) is 10.6 Å². The smallest absolute Gasteiger partial charge is 0.250 e. The van der Waals surface area contributed by atoms with Crippen LogP contribution in [0.25, 0.3) is 0 Å². The maximum Gasteiger partial charge on any atom is 0.250 e. The Morgan fingerprint density at radius 1 is 1.17 bits per heavy atom. The highest BCUT2D eigenvalue weighted by Crippen LogP contribution is 2.39. The van der Waals surface area contributed by atoms with Gasteiger partial charge in [-0.15, -0.1) is 0 Å². The fourth-order valence-corrected chi connectivity index (χ4v) is 3.28. The van der Waals surface area contributed by atoms with Crippen molar-refractivity contribution in [1.82, 2.24) is 0 Å². The van der Waals surface area contributed by atoms with Gasteiger partial charge in [0.15, 0.2) is 0 Å². The van der Waals surface area contributed by atoms with Crippen molar-refractivity contribution >= 4 is 39.9 Å². The molecule has 0 saturated heterocycles. The summed E-state index contributed by atoms with van der Waals surface area (Å²) in [6, 6.07) is 3.15. The van der Waals surface area contributed by atoms with E-state index in [1.165, 1.54) is 12.5 Å². The van der Waals surface area contributed by atoms with Gasteiger partial charge in [0.25, 0.3) is 0 Å². The summed E-state index contributed by atoms with van der Waals surface area (Å²) in [5.41, 5.74) is 0.862. The molecule has 3 rings (SSSR count). The van der Waals surface area contributed by atoms with E-state index in [2.05, 4.69) is 10.6 Å². The van der Waals surface area contributed by atoms with E-state index in [1.54, 1.807) is 6.07 Å². The lowest BCUT2D eigenvalue weighted by Crippen LogP contribution is -2.53. The predicted octanol–water partition coefficient (Wildman–Crippen LogP) is 3.50. The Balaban J connectivity index is 2.00. The average Bonchev–Trinajstić information content (AvgIpc) is 2.35. The monoisotopic (exact) mass is 360 g/mol. The lowest BCUT2D eigenvalue weighted by Gasteiger charge is -2.41. The van der Waals surface area contributed by atoms with Gasteiger partial charge >= 0.3 is 0 Å². The minimum atomic E-state index is -0.523. The molecule has 1 fully saturated rings. The van der Waals surface area contributed by atoms with Crippen LogP contribution < -0.4 is 10.6 Å². The number of nitrogens with one attached hydrogen (secondary N) is 2. The molecule has 1 aromatic carbocycles. The molecule has 2 N–H and O–H groups in total. The maximum absolute atomic E-state index is 13.6. The highest BCUT2D eigenvalue weighted by Gasteiger charge is 2.42. The van der Waals surface area contributed by atoms with Crippen molar-refractivity contribution in [2.24, 2.45) is 0 Å². The topological polar surface area (TPSA) is 41.1 Å². The highest BCUT2D eigenvalue weighted by atomic mass is 127. The molecule has 18 heavy (non-hydrogen) atoms. The lowest BCUT2D eigenvalue weighted by atomic mass is 9.79. The Labute approximate surface area is 119 Å². The maximum atomic E-state index is 13.6. The summed E-state index contributed by atoms with van der Waals surface area (Å²) in [4.78, 5) is 12.3. The second kappa shape index (κ2) is 4.36. The molecule has 0 bridgehead atoms. The first-order chi connectivity index (χ1) is 8.61. The van der Waals surface area contributed by atoms with Gasteiger partial charge in [-0.3, -0.25) is 4.79 Å². The SMILES string of the molecule is O=C1Nc2cc(I)c(F)cc2NC12CCCCC2. The zero-order chi connectivity index (χ0) is 12.8. The first-order valence-corrected chi connectivity index (χ1v) is 7.27. The molecular weight excluding hydrogens is 346 g/mol. The molecular formula is C13H14FIN2O. The number of hydrogen-bond acceptors (Lipinski definition) is 2. The average molecular weight is 360 g/mol. The Hall–Kier alpha value is -0.850. The van der Waals surface area contributed by atoms with Gasteiger partial charge in [-0.25, -0.2) is 4.39 Å². The van der Waals surface area contributed by atoms with E-state index in [1.807, 2.05) is 22.6 Å². The second-order valence-corrected chi connectivity index (χ2v) is 6.20. The predicted molar refractivity (Wildman–Crippen MR) is 77.2 cm³/mol. The first-order valence-electron chi connectivity index (χ1n) is 6.19. The Bertz CT molecular complexity index is 512. The van der Waals surface area contributed by atoms with Crippen LogP contribution in [0, 0.1) is 9.39 Å². The molecule has 0 atom stereocenters. The second-order valence-electron chi connectivity index (χ2n) is 5.03. The summed E-state index contributed by atoms with van der Waals surface area (Å²) in [7, 11) is 0. The van der Waals surface area contributed by atoms with Gasteiger partial charge in [0, 0.05) is 6.07 Å². The van der Waals surface area contributed by atoms with Crippen LogP contribution in [0.15, 0.2) is 12.1 Å². The Morgan fingerprint density at radius 2 is 1.89 bits per heavy atom. The normalized spacial score (nSPS) is 21.1. The van der Waals surface area contributed by atoms with Gasteiger partial charge in [-0.2, -0.15) is 0 Å². The summed E-state index contributed by atoms with van der Waals surface area (Å²) in [6.45, 7) is 0. The van der Waals surface area contributed by atoms with Crippen LogP contribution in [-0.4, -0.2) is 11.4 Å². The van der Waals surface area contributed by atoms with Crippen LogP contribution in [-0.2, 0) is 4.79 Å². The Kier molecular flexibility index (Phi) is 2.96. The molecule has 3 nitrogen and oxygen atoms in total. The lowest BCUT2D eigenvalue weighted by molar-refractivity contribution is -0.121. The van der Waals surface area contributed by atoms with Gasteiger partial charge in [-0.1, -0.05) is 19.3 Å². The molecule has 0 radical (unpaired) electrons. The fourth-order valence-electron chi connectivity index (χ4n) is 2.82. The molecule has 1 aliphatic heterocycles. The fraction of sp³-hybridized carbons (Fsp3) is 0.462. The third-order valence-electron chi connectivity index (χ3n) is 3.82. The minimum Gasteiger partial charge on any atom is -0.369 e. The molecule has 0 unspecified atom stereocenters. The van der Waals surface area contributed by atoms with Crippen molar-refractivity contribution in [3.8, 4) is 0 Å². The van der Waals surface area contributed by atoms with Crippen molar-refractivity contribution in [3.05, 3.63) is 21.5 Å². The number of anilines is 2. The van der Waals surface area contributed by atoms with E-state index in [-0.39, 0.29) is 11.7 Å². The van der Waals surface area contributed by atoms with Gasteiger partial charge < -0.3 is 10.6 Å². The summed E-state index contributed by atoms with van der Waals surface area (Å²) < 4.78 is 14.1. The molecule has 1 aromatic rings. The van der Waals surface area contributed by atoms with Crippen molar-refractivity contribution in [3.63, 3.8) is 0 Å². The summed E-state index contributed by atoms with van der Waals surface area (Å²) in [5, 5.41) is 6.19. The highest BCUT2D eigenvalue weighted by molar-refractivity contribution is 14.1. The van der Waals surface area contributed by atoms with E-state index in [0.29, 0.717) is 14.9 Å². The molecule has 1 heterocycles. The van der Waals surface area contributed by atoms with E-state index in [9.17, 15) is 9.18 Å². The van der Waals surface area contributed by atoms with Crippen LogP contribution in [0.2, 0.25) is 0 Å². The Morgan fingerprint density at radius 3 is 2.61 bits per heavy atom. The molecule has 2 aliphatic rings. The number of benzene rings is 1. The van der Waals surface area contributed by atoms with Crippen molar-refractivity contribution in [2.45, 2.75) is 37.6 Å². The van der Waals surface area contributed by atoms with Crippen LogP contribution in [0.3, 0.4) is 0 Å². The third-order valence-corrected chi connectivity index (χ3v) is 4.65.